The molecular formula is C15H15N3OS. The van der Waals surface area contributed by atoms with Gasteiger partial charge in [-0.2, -0.15) is 0 Å². The second kappa shape index (κ2) is 5.54. The molecule has 0 unspecified atom stereocenters. The van der Waals surface area contributed by atoms with Gasteiger partial charge in [-0.3, -0.25) is 4.57 Å². The molecule has 102 valence electrons. The molecule has 5 heteroatoms. The minimum Gasteiger partial charge on any atom is -0.467 e. The van der Waals surface area contributed by atoms with Crippen LogP contribution in [0.5, 0.6) is 0 Å². The topological polar surface area (TPSA) is 43.9 Å². The molecule has 2 aromatic heterocycles. The zero-order chi connectivity index (χ0) is 13.9. The van der Waals surface area contributed by atoms with Gasteiger partial charge < -0.3 is 4.42 Å². The standard InChI is InChI=1S/C15H15N3OS/c1-11-6-3-4-8-13(11)14-16-17-15(20-2)18(14)10-12-7-5-9-19-12/h3-9H,10H2,1-2H3. The fourth-order valence-corrected chi connectivity index (χ4v) is 2.66. The van der Waals surface area contributed by atoms with Gasteiger partial charge in [-0.15, -0.1) is 10.2 Å². The summed E-state index contributed by atoms with van der Waals surface area (Å²) in [7, 11) is 0. The Balaban J connectivity index is 2.08. The van der Waals surface area contributed by atoms with Crippen molar-refractivity contribution < 1.29 is 4.42 Å². The Morgan fingerprint density at radius 2 is 2.00 bits per heavy atom. The maximum absolute atomic E-state index is 5.44. The van der Waals surface area contributed by atoms with E-state index in [0.29, 0.717) is 6.54 Å². The van der Waals surface area contributed by atoms with Crippen LogP contribution in [0.4, 0.5) is 0 Å². The highest BCUT2D eigenvalue weighted by Gasteiger charge is 2.15. The van der Waals surface area contributed by atoms with E-state index in [1.54, 1.807) is 18.0 Å². The fourth-order valence-electron chi connectivity index (χ4n) is 2.16. The Hall–Kier alpha value is -2.01. The third-order valence-electron chi connectivity index (χ3n) is 3.18. The molecular weight excluding hydrogens is 270 g/mol. The van der Waals surface area contributed by atoms with Crippen LogP contribution in [0.1, 0.15) is 11.3 Å². The summed E-state index contributed by atoms with van der Waals surface area (Å²) >= 11 is 1.59. The minimum absolute atomic E-state index is 0.639. The molecule has 0 bridgehead atoms. The van der Waals surface area contributed by atoms with E-state index in [4.69, 9.17) is 4.42 Å². The Bertz CT molecular complexity index is 704. The van der Waals surface area contributed by atoms with Crippen LogP contribution < -0.4 is 0 Å². The second-order valence-electron chi connectivity index (χ2n) is 4.49. The van der Waals surface area contributed by atoms with Gasteiger partial charge in [0, 0.05) is 5.56 Å². The van der Waals surface area contributed by atoms with Crippen LogP contribution in [0, 0.1) is 6.92 Å². The number of aromatic nitrogens is 3. The first-order valence-electron chi connectivity index (χ1n) is 6.35. The van der Waals surface area contributed by atoms with Gasteiger partial charge in [0.15, 0.2) is 11.0 Å². The molecule has 0 N–H and O–H groups in total. The summed E-state index contributed by atoms with van der Waals surface area (Å²) in [5.41, 5.74) is 2.29. The van der Waals surface area contributed by atoms with E-state index in [0.717, 1.165) is 22.3 Å². The molecule has 3 aromatic rings. The van der Waals surface area contributed by atoms with Crippen LogP contribution in [-0.4, -0.2) is 21.0 Å². The van der Waals surface area contributed by atoms with Crippen LogP contribution in [0.15, 0.2) is 52.2 Å². The Kier molecular flexibility index (Phi) is 3.60. The first-order valence-corrected chi connectivity index (χ1v) is 7.57. The lowest BCUT2D eigenvalue weighted by Crippen LogP contribution is -2.03. The molecule has 0 aliphatic heterocycles. The summed E-state index contributed by atoms with van der Waals surface area (Å²) in [4.78, 5) is 0. The van der Waals surface area contributed by atoms with Crippen molar-refractivity contribution in [1.82, 2.24) is 14.8 Å². The number of hydrogen-bond acceptors (Lipinski definition) is 4. The minimum atomic E-state index is 0.639. The molecule has 0 aliphatic carbocycles. The number of nitrogens with zero attached hydrogens (tertiary/aromatic N) is 3. The Morgan fingerprint density at radius 1 is 1.15 bits per heavy atom. The Morgan fingerprint density at radius 3 is 2.70 bits per heavy atom. The van der Waals surface area contributed by atoms with E-state index in [2.05, 4.69) is 33.8 Å². The van der Waals surface area contributed by atoms with Crippen molar-refractivity contribution in [3.63, 3.8) is 0 Å². The second-order valence-corrected chi connectivity index (χ2v) is 5.26. The number of thioether (sulfide) groups is 1. The van der Waals surface area contributed by atoms with Gasteiger partial charge >= 0.3 is 0 Å². The predicted octanol–water partition coefficient (Wildman–Crippen LogP) is 3.62. The molecule has 4 nitrogen and oxygen atoms in total. The molecule has 20 heavy (non-hydrogen) atoms. The summed E-state index contributed by atoms with van der Waals surface area (Å²) in [6, 6.07) is 12.1. The van der Waals surface area contributed by atoms with Crippen molar-refractivity contribution in [2.75, 3.05) is 6.26 Å². The number of benzene rings is 1. The molecule has 0 amide bonds. The molecule has 1 aromatic carbocycles. The van der Waals surface area contributed by atoms with Gasteiger partial charge in [-0.05, 0) is 30.9 Å². The van der Waals surface area contributed by atoms with E-state index < -0.39 is 0 Å². The van der Waals surface area contributed by atoms with Gasteiger partial charge in [0.2, 0.25) is 0 Å². The zero-order valence-corrected chi connectivity index (χ0v) is 12.2. The van der Waals surface area contributed by atoms with E-state index in [1.807, 2.05) is 30.5 Å². The molecule has 3 rings (SSSR count). The lowest BCUT2D eigenvalue weighted by molar-refractivity contribution is 0.485. The summed E-state index contributed by atoms with van der Waals surface area (Å²) in [5.74, 6) is 1.78. The zero-order valence-electron chi connectivity index (χ0n) is 11.4. The van der Waals surface area contributed by atoms with Gasteiger partial charge in [-0.1, -0.05) is 36.0 Å². The van der Waals surface area contributed by atoms with Crippen molar-refractivity contribution in [2.45, 2.75) is 18.6 Å². The van der Waals surface area contributed by atoms with Crippen LogP contribution in [0.25, 0.3) is 11.4 Å². The SMILES string of the molecule is CSc1nnc(-c2ccccc2C)n1Cc1ccco1. The number of rotatable bonds is 4. The number of hydrogen-bond donors (Lipinski definition) is 0. The molecule has 0 atom stereocenters. The largest absolute Gasteiger partial charge is 0.467 e. The molecule has 2 heterocycles. The Labute approximate surface area is 121 Å². The lowest BCUT2D eigenvalue weighted by Gasteiger charge is -2.09. The molecule has 0 radical (unpaired) electrons. The van der Waals surface area contributed by atoms with Gasteiger partial charge in [-0.25, -0.2) is 0 Å². The van der Waals surface area contributed by atoms with Crippen LogP contribution in [0.3, 0.4) is 0 Å². The molecule has 0 saturated heterocycles. The van der Waals surface area contributed by atoms with Gasteiger partial charge in [0.05, 0.1) is 12.8 Å². The number of furan rings is 1. The highest BCUT2D eigenvalue weighted by molar-refractivity contribution is 7.98. The quantitative estimate of drug-likeness (QED) is 0.687. The highest BCUT2D eigenvalue weighted by atomic mass is 32.2. The van der Waals surface area contributed by atoms with Crippen LogP contribution in [0.2, 0.25) is 0 Å². The van der Waals surface area contributed by atoms with Crippen LogP contribution in [-0.2, 0) is 6.54 Å². The highest BCUT2D eigenvalue weighted by Crippen LogP contribution is 2.26. The average molecular weight is 285 g/mol. The van der Waals surface area contributed by atoms with Crippen molar-refractivity contribution in [2.24, 2.45) is 0 Å². The predicted molar refractivity (Wildman–Crippen MR) is 79.8 cm³/mol. The first kappa shape index (κ1) is 13.0. The average Bonchev–Trinajstić information content (AvgIpc) is 3.10. The summed E-state index contributed by atoms with van der Waals surface area (Å²) in [5, 5.41) is 9.50. The number of aryl methyl sites for hydroxylation is 1. The third kappa shape index (κ3) is 2.36. The molecule has 0 saturated carbocycles. The monoisotopic (exact) mass is 285 g/mol. The van der Waals surface area contributed by atoms with E-state index in [-0.39, 0.29) is 0 Å². The van der Waals surface area contributed by atoms with Gasteiger partial charge in [0.25, 0.3) is 0 Å². The third-order valence-corrected chi connectivity index (χ3v) is 3.85. The summed E-state index contributed by atoms with van der Waals surface area (Å²) in [6.07, 6.45) is 3.69. The van der Waals surface area contributed by atoms with E-state index in [1.165, 1.54) is 5.56 Å². The normalized spacial score (nSPS) is 10.9. The van der Waals surface area contributed by atoms with E-state index in [9.17, 15) is 0 Å². The van der Waals surface area contributed by atoms with Crippen molar-refractivity contribution in [1.29, 1.82) is 0 Å². The first-order chi connectivity index (χ1) is 9.79. The fraction of sp³-hybridized carbons (Fsp3) is 0.200. The van der Waals surface area contributed by atoms with Crippen LogP contribution >= 0.6 is 11.8 Å². The summed E-state index contributed by atoms with van der Waals surface area (Å²) < 4.78 is 7.53. The molecule has 0 fully saturated rings. The van der Waals surface area contributed by atoms with Crippen molar-refractivity contribution >= 4 is 11.8 Å². The molecule has 0 aliphatic rings. The summed E-state index contributed by atoms with van der Waals surface area (Å²) in [6.45, 7) is 2.72. The molecule has 0 spiro atoms. The van der Waals surface area contributed by atoms with Crippen molar-refractivity contribution in [3.05, 3.63) is 54.0 Å². The lowest BCUT2D eigenvalue weighted by atomic mass is 10.1. The van der Waals surface area contributed by atoms with Crippen molar-refractivity contribution in [3.8, 4) is 11.4 Å². The maximum Gasteiger partial charge on any atom is 0.191 e. The van der Waals surface area contributed by atoms with E-state index >= 15 is 0 Å². The van der Waals surface area contributed by atoms with Gasteiger partial charge in [0.1, 0.15) is 5.76 Å². The maximum atomic E-state index is 5.44. The smallest absolute Gasteiger partial charge is 0.191 e.